The fourth-order valence-corrected chi connectivity index (χ4v) is 10.2. The lowest BCUT2D eigenvalue weighted by Gasteiger charge is -2.56. The van der Waals surface area contributed by atoms with Crippen molar-refractivity contribution in [3.63, 3.8) is 0 Å². The van der Waals surface area contributed by atoms with E-state index in [0.29, 0.717) is 6.54 Å². The Bertz CT molecular complexity index is 1550. The van der Waals surface area contributed by atoms with Crippen LogP contribution >= 0.6 is 0 Å². The first kappa shape index (κ1) is 32.9. The molecule has 7 heteroatoms. The number of nitrogens with one attached hydrogen (secondary N) is 2. The number of aliphatic hydroxyl groups excluding tert-OH is 1. The molecule has 9 rings (SSSR count). The molecule has 2 aliphatic heterocycles. The summed E-state index contributed by atoms with van der Waals surface area (Å²) < 4.78 is 13.5. The fraction of sp³-hybridized carbons (Fsp3) is 0.548. The molecule has 0 spiro atoms. The number of rotatable bonds is 9. The van der Waals surface area contributed by atoms with Gasteiger partial charge in [-0.05, 0) is 110 Å². The van der Waals surface area contributed by atoms with Crippen molar-refractivity contribution in [2.24, 2.45) is 23.7 Å². The van der Waals surface area contributed by atoms with Gasteiger partial charge in [0.1, 0.15) is 0 Å². The second-order valence-electron chi connectivity index (χ2n) is 16.0. The largest absolute Gasteiger partial charge is 0.392 e. The van der Waals surface area contributed by atoms with Gasteiger partial charge in [0.05, 0.1) is 18.8 Å². The minimum absolute atomic E-state index is 0.00388. The molecule has 4 atom stereocenters. The zero-order valence-corrected chi connectivity index (χ0v) is 29.0. The van der Waals surface area contributed by atoms with Gasteiger partial charge < -0.3 is 30.1 Å². The average molecular weight is 664 g/mol. The van der Waals surface area contributed by atoms with Crippen molar-refractivity contribution in [2.45, 2.75) is 102 Å². The van der Waals surface area contributed by atoms with Crippen molar-refractivity contribution in [3.8, 4) is 11.1 Å². The van der Waals surface area contributed by atoms with Crippen molar-refractivity contribution < 1.29 is 19.4 Å². The van der Waals surface area contributed by atoms with Gasteiger partial charge in [-0.1, -0.05) is 86.1 Å². The summed E-state index contributed by atoms with van der Waals surface area (Å²) in [4.78, 5) is 15.8. The van der Waals surface area contributed by atoms with Crippen LogP contribution in [0.25, 0.3) is 11.1 Å². The highest BCUT2D eigenvalue weighted by molar-refractivity contribution is 5.76. The lowest BCUT2D eigenvalue weighted by atomic mass is 9.53. The van der Waals surface area contributed by atoms with E-state index in [0.717, 1.165) is 90.0 Å². The summed E-state index contributed by atoms with van der Waals surface area (Å²) >= 11 is 0. The Morgan fingerprint density at radius 1 is 0.837 bits per heavy atom. The summed E-state index contributed by atoms with van der Waals surface area (Å²) in [5.41, 5.74) is 6.35. The van der Waals surface area contributed by atoms with E-state index in [-0.39, 0.29) is 36.3 Å². The maximum Gasteiger partial charge on any atom is 0.315 e. The Labute approximate surface area is 291 Å². The Morgan fingerprint density at radius 3 is 2.16 bits per heavy atom. The average Bonchev–Trinajstić information content (AvgIpc) is 3.11. The van der Waals surface area contributed by atoms with E-state index >= 15 is 0 Å². The van der Waals surface area contributed by atoms with E-state index < -0.39 is 6.29 Å². The summed E-state index contributed by atoms with van der Waals surface area (Å²) in [5.74, 6) is 2.57. The van der Waals surface area contributed by atoms with Gasteiger partial charge in [0.15, 0.2) is 6.29 Å². The van der Waals surface area contributed by atoms with Crippen LogP contribution < -0.4 is 10.6 Å². The fourth-order valence-electron chi connectivity index (χ4n) is 10.2. The number of carbonyl (C=O) groups excluding carboxylic acids is 1. The molecule has 4 unspecified atom stereocenters. The standard InChI is InChI=1S/C42H53N3O4/c1-28-38(26-45-17-5-2-6-18-45)48-40(49-39(28)34-11-9-29(27-46)10-12-34)35-15-13-33(14-16-35)37-8-4-3-7-36(37)25-43-41(47)44-42-22-30-19-31(23-42)21-32(20-30)24-42/h3-4,7-16,28,30-32,38-40,46H,2,5-6,17-27H2,1H3,(H2,43,44,47). The van der Waals surface area contributed by atoms with Gasteiger partial charge in [-0.3, -0.25) is 0 Å². The topological polar surface area (TPSA) is 83.1 Å². The summed E-state index contributed by atoms with van der Waals surface area (Å²) in [6, 6.07) is 25.0. The Kier molecular flexibility index (Phi) is 9.53. The maximum atomic E-state index is 13.2. The predicted molar refractivity (Wildman–Crippen MR) is 191 cm³/mol. The van der Waals surface area contributed by atoms with Crippen molar-refractivity contribution in [1.29, 1.82) is 0 Å². The third-order valence-corrected chi connectivity index (χ3v) is 12.4. The molecule has 3 aromatic carbocycles. The van der Waals surface area contributed by atoms with Gasteiger partial charge >= 0.3 is 6.03 Å². The number of hydrogen-bond donors (Lipinski definition) is 3. The summed E-state index contributed by atoms with van der Waals surface area (Å²) in [6.07, 6.45) is 10.8. The van der Waals surface area contributed by atoms with Crippen LogP contribution in [0.1, 0.15) is 99.4 Å². The van der Waals surface area contributed by atoms with Crippen LogP contribution in [0.3, 0.4) is 0 Å². The summed E-state index contributed by atoms with van der Waals surface area (Å²) in [6.45, 7) is 5.92. The molecule has 0 aromatic heterocycles. The van der Waals surface area contributed by atoms with Crippen molar-refractivity contribution in [1.82, 2.24) is 15.5 Å². The van der Waals surface area contributed by atoms with Gasteiger partial charge in [-0.15, -0.1) is 0 Å². The lowest BCUT2D eigenvalue weighted by Crippen LogP contribution is -2.61. The SMILES string of the molecule is CC1C(CN2CCCCC2)OC(c2ccc(-c3ccccc3CNC(=O)NC34CC5CC(CC(C5)C3)C4)cc2)OC1c1ccc(CO)cc1. The molecule has 0 radical (unpaired) electrons. The molecule has 2 amide bonds. The lowest BCUT2D eigenvalue weighted by molar-refractivity contribution is -0.276. The van der Waals surface area contributed by atoms with Crippen LogP contribution in [-0.2, 0) is 22.6 Å². The van der Waals surface area contributed by atoms with Gasteiger partial charge in [-0.2, -0.15) is 0 Å². The molecule has 260 valence electrons. The molecule has 6 aliphatic rings. The highest BCUT2D eigenvalue weighted by atomic mass is 16.7. The molecule has 4 saturated carbocycles. The molecule has 7 nitrogen and oxygen atoms in total. The van der Waals surface area contributed by atoms with E-state index in [1.165, 1.54) is 38.5 Å². The minimum Gasteiger partial charge on any atom is -0.392 e. The molecule has 4 aliphatic carbocycles. The van der Waals surface area contributed by atoms with Crippen molar-refractivity contribution in [2.75, 3.05) is 19.6 Å². The Morgan fingerprint density at radius 2 is 1.49 bits per heavy atom. The summed E-state index contributed by atoms with van der Waals surface area (Å²) in [7, 11) is 0. The van der Waals surface area contributed by atoms with Crippen molar-refractivity contribution in [3.05, 3.63) is 95.1 Å². The van der Waals surface area contributed by atoms with Crippen LogP contribution in [0.5, 0.6) is 0 Å². The molecule has 2 saturated heterocycles. The van der Waals surface area contributed by atoms with Crippen LogP contribution in [0, 0.1) is 23.7 Å². The van der Waals surface area contributed by atoms with E-state index in [4.69, 9.17) is 9.47 Å². The van der Waals surface area contributed by atoms with Gasteiger partial charge in [0.2, 0.25) is 0 Å². The number of carbonyl (C=O) groups is 1. The van der Waals surface area contributed by atoms with E-state index in [2.05, 4.69) is 77.1 Å². The highest BCUT2D eigenvalue weighted by Gasteiger charge is 2.51. The number of ether oxygens (including phenoxy) is 2. The van der Waals surface area contributed by atoms with Crippen LogP contribution in [0.15, 0.2) is 72.8 Å². The molecule has 3 N–H and O–H groups in total. The van der Waals surface area contributed by atoms with Gasteiger partial charge in [0.25, 0.3) is 0 Å². The number of benzene rings is 3. The van der Waals surface area contributed by atoms with E-state index in [1.807, 2.05) is 18.2 Å². The molecule has 2 heterocycles. The second-order valence-corrected chi connectivity index (χ2v) is 16.0. The summed E-state index contributed by atoms with van der Waals surface area (Å²) in [5, 5.41) is 16.3. The first-order valence-electron chi connectivity index (χ1n) is 18.9. The number of nitrogens with zero attached hydrogens (tertiary/aromatic N) is 1. The maximum absolute atomic E-state index is 13.2. The second kappa shape index (κ2) is 14.2. The van der Waals surface area contributed by atoms with E-state index in [9.17, 15) is 9.90 Å². The normalized spacial score (nSPS) is 32.6. The number of amides is 2. The smallest absolute Gasteiger partial charge is 0.315 e. The zero-order chi connectivity index (χ0) is 33.4. The van der Waals surface area contributed by atoms with E-state index in [1.54, 1.807) is 0 Å². The van der Waals surface area contributed by atoms with Gasteiger partial charge in [0, 0.05) is 30.1 Å². The third-order valence-electron chi connectivity index (χ3n) is 12.4. The van der Waals surface area contributed by atoms with Crippen LogP contribution in [-0.4, -0.2) is 47.3 Å². The van der Waals surface area contributed by atoms with Crippen molar-refractivity contribution >= 4 is 6.03 Å². The number of aliphatic hydroxyl groups is 1. The molecular formula is C42H53N3O4. The van der Waals surface area contributed by atoms with Crippen LogP contribution in [0.4, 0.5) is 4.79 Å². The van der Waals surface area contributed by atoms with Gasteiger partial charge in [-0.25, -0.2) is 4.79 Å². The van der Waals surface area contributed by atoms with Crippen LogP contribution in [0.2, 0.25) is 0 Å². The monoisotopic (exact) mass is 663 g/mol. The number of urea groups is 1. The molecular weight excluding hydrogens is 610 g/mol. The molecule has 4 bridgehead atoms. The Balaban J connectivity index is 0.960. The first-order chi connectivity index (χ1) is 23.9. The Hall–Kier alpha value is -3.23. The number of hydrogen-bond acceptors (Lipinski definition) is 5. The molecule has 3 aromatic rings. The first-order valence-corrected chi connectivity index (χ1v) is 18.9. The third kappa shape index (κ3) is 7.18. The number of piperidine rings is 1. The number of likely N-dealkylation sites (tertiary alicyclic amines) is 1. The predicted octanol–water partition coefficient (Wildman–Crippen LogP) is 7.89. The molecule has 6 fully saturated rings. The quantitative estimate of drug-likeness (QED) is 0.217. The highest BCUT2D eigenvalue weighted by Crippen LogP contribution is 2.55. The zero-order valence-electron chi connectivity index (χ0n) is 29.0. The minimum atomic E-state index is -0.479. The molecule has 49 heavy (non-hydrogen) atoms.